The van der Waals surface area contributed by atoms with Gasteiger partial charge in [0, 0.05) is 39.1 Å². The molecule has 0 saturated heterocycles. The fourth-order valence-corrected chi connectivity index (χ4v) is 2.72. The number of rotatable bonds is 10. The van der Waals surface area contributed by atoms with E-state index >= 15 is 0 Å². The van der Waals surface area contributed by atoms with E-state index in [1.807, 2.05) is 31.0 Å². The molecule has 30 heavy (non-hydrogen) atoms. The van der Waals surface area contributed by atoms with Crippen LogP contribution in [0.3, 0.4) is 0 Å². The van der Waals surface area contributed by atoms with Crippen molar-refractivity contribution in [3.8, 4) is 0 Å². The Kier molecular flexibility index (Phi) is 7.99. The largest absolute Gasteiger partial charge is 0.384 e. The number of pyridine rings is 2. The molecule has 0 saturated carbocycles. The topological polar surface area (TPSA) is 118 Å². The number of carbonyl (C=O) groups excluding carboxylic acids is 1. The molecule has 3 N–H and O–H groups in total. The van der Waals surface area contributed by atoms with Crippen LogP contribution >= 0.6 is 0 Å². The van der Waals surface area contributed by atoms with Crippen LogP contribution in [0.25, 0.3) is 0 Å². The highest BCUT2D eigenvalue weighted by atomic mass is 16.3. The van der Waals surface area contributed by atoms with Crippen molar-refractivity contribution in [3.05, 3.63) is 47.9 Å². The van der Waals surface area contributed by atoms with Crippen molar-refractivity contribution in [1.29, 1.82) is 5.41 Å². The molecule has 0 fully saturated rings. The van der Waals surface area contributed by atoms with Gasteiger partial charge in [0.05, 0.1) is 17.6 Å². The summed E-state index contributed by atoms with van der Waals surface area (Å²) in [6.07, 6.45) is 3.88. The Bertz CT molecular complexity index is 893. The first kappa shape index (κ1) is 23.0. The molecule has 9 heteroatoms. The molecule has 2 aromatic heterocycles. The number of nitrogens with zero attached hydrogens (tertiary/aromatic N) is 5. The molecule has 0 aliphatic carbocycles. The van der Waals surface area contributed by atoms with E-state index in [9.17, 15) is 9.90 Å². The molecule has 0 unspecified atom stereocenters. The predicted octanol–water partition coefficient (Wildman–Crippen LogP) is 2.35. The molecule has 0 spiro atoms. The number of amides is 1. The number of hydrogen-bond acceptors (Lipinski definition) is 8. The lowest BCUT2D eigenvalue weighted by Crippen LogP contribution is -2.38. The lowest BCUT2D eigenvalue weighted by Gasteiger charge is -2.26. The highest BCUT2D eigenvalue weighted by molar-refractivity contribution is 6.14. The third-order valence-corrected chi connectivity index (χ3v) is 4.47. The molecule has 0 radical (unpaired) electrons. The van der Waals surface area contributed by atoms with E-state index in [4.69, 9.17) is 5.41 Å². The molecule has 2 rings (SSSR count). The Morgan fingerprint density at radius 2 is 2.07 bits per heavy atom. The van der Waals surface area contributed by atoms with Gasteiger partial charge in [0.2, 0.25) is 0 Å². The van der Waals surface area contributed by atoms with E-state index in [-0.39, 0.29) is 11.6 Å². The molecule has 1 amide bonds. The van der Waals surface area contributed by atoms with Crippen molar-refractivity contribution in [2.45, 2.75) is 26.4 Å². The van der Waals surface area contributed by atoms with Crippen molar-refractivity contribution in [2.24, 2.45) is 5.10 Å². The van der Waals surface area contributed by atoms with Gasteiger partial charge in [-0.25, -0.2) is 9.97 Å². The minimum Gasteiger partial charge on any atom is -0.384 e. The fraction of sp³-hybridized carbons (Fsp3) is 0.381. The standard InChI is InChI=1S/C21H29N7O2/c1-5-28(20(29)19-16(8-7-12-23-19)26-24-13-11-22)15-14-27(4)18-10-6-9-17(25-18)21(2,3)30/h6-13,22,26,30H,5,14-15H2,1-4H3/b22-11?,24-13-. The second-order valence-electron chi connectivity index (χ2n) is 7.20. The molecule has 0 bridgehead atoms. The molecule has 2 aromatic rings. The zero-order valence-corrected chi connectivity index (χ0v) is 17.8. The summed E-state index contributed by atoms with van der Waals surface area (Å²) in [7, 11) is 1.90. The van der Waals surface area contributed by atoms with E-state index in [2.05, 4.69) is 20.5 Å². The number of hydrazone groups is 1. The average Bonchev–Trinajstić information content (AvgIpc) is 2.74. The number of carbonyl (C=O) groups is 1. The first-order chi connectivity index (χ1) is 14.3. The number of hydrogen-bond donors (Lipinski definition) is 3. The van der Waals surface area contributed by atoms with E-state index in [0.717, 1.165) is 12.0 Å². The maximum absolute atomic E-state index is 13.0. The van der Waals surface area contributed by atoms with Gasteiger partial charge in [0.15, 0.2) is 5.69 Å². The van der Waals surface area contributed by atoms with E-state index < -0.39 is 5.60 Å². The first-order valence-electron chi connectivity index (χ1n) is 9.71. The monoisotopic (exact) mass is 411 g/mol. The number of anilines is 2. The quantitative estimate of drug-likeness (QED) is 0.408. The molecule has 160 valence electrons. The molecule has 0 atom stereocenters. The second-order valence-corrected chi connectivity index (χ2v) is 7.20. The molecular formula is C21H29N7O2. The Morgan fingerprint density at radius 1 is 1.30 bits per heavy atom. The van der Waals surface area contributed by atoms with Gasteiger partial charge >= 0.3 is 0 Å². The Labute approximate surface area is 177 Å². The fourth-order valence-electron chi connectivity index (χ4n) is 2.72. The van der Waals surface area contributed by atoms with Crippen molar-refractivity contribution in [2.75, 3.05) is 37.0 Å². The van der Waals surface area contributed by atoms with E-state index in [1.165, 1.54) is 6.21 Å². The molecule has 0 aliphatic rings. The van der Waals surface area contributed by atoms with Gasteiger partial charge in [-0.1, -0.05) is 6.07 Å². The van der Waals surface area contributed by atoms with Crippen molar-refractivity contribution in [3.63, 3.8) is 0 Å². The summed E-state index contributed by atoms with van der Waals surface area (Å²) in [4.78, 5) is 25.4. The summed E-state index contributed by atoms with van der Waals surface area (Å²) in [6, 6.07) is 8.94. The summed E-state index contributed by atoms with van der Waals surface area (Å²) >= 11 is 0. The lowest BCUT2D eigenvalue weighted by atomic mass is 10.1. The third-order valence-electron chi connectivity index (χ3n) is 4.47. The summed E-state index contributed by atoms with van der Waals surface area (Å²) in [6.45, 7) is 6.85. The number of likely N-dealkylation sites (N-methyl/N-ethyl adjacent to an activating group) is 2. The van der Waals surface area contributed by atoms with Gasteiger partial charge in [-0.3, -0.25) is 10.2 Å². The second kappa shape index (κ2) is 10.4. The Morgan fingerprint density at radius 3 is 2.73 bits per heavy atom. The van der Waals surface area contributed by atoms with Gasteiger partial charge in [0.1, 0.15) is 11.4 Å². The van der Waals surface area contributed by atoms with Crippen LogP contribution in [0.4, 0.5) is 11.5 Å². The van der Waals surface area contributed by atoms with Crippen LogP contribution < -0.4 is 10.3 Å². The zero-order valence-electron chi connectivity index (χ0n) is 17.8. The maximum atomic E-state index is 13.0. The van der Waals surface area contributed by atoms with Crippen LogP contribution in [0.2, 0.25) is 0 Å². The molecule has 2 heterocycles. The minimum absolute atomic E-state index is 0.211. The summed E-state index contributed by atoms with van der Waals surface area (Å²) < 4.78 is 0. The number of aromatic nitrogens is 2. The third kappa shape index (κ3) is 6.08. The normalized spacial score (nSPS) is 11.4. The van der Waals surface area contributed by atoms with Crippen LogP contribution in [-0.4, -0.2) is 65.0 Å². The van der Waals surface area contributed by atoms with Gasteiger partial charge < -0.3 is 20.3 Å². The van der Waals surface area contributed by atoms with Crippen molar-refractivity contribution >= 4 is 29.8 Å². The predicted molar refractivity (Wildman–Crippen MR) is 119 cm³/mol. The van der Waals surface area contributed by atoms with Gasteiger partial charge in [-0.15, -0.1) is 0 Å². The number of nitrogens with one attached hydrogen (secondary N) is 2. The van der Waals surface area contributed by atoms with Gasteiger partial charge in [0.25, 0.3) is 5.91 Å². The van der Waals surface area contributed by atoms with Crippen LogP contribution in [0.1, 0.15) is 37.0 Å². The molecule has 0 aliphatic heterocycles. The summed E-state index contributed by atoms with van der Waals surface area (Å²) in [5.41, 5.74) is 3.06. The van der Waals surface area contributed by atoms with Crippen molar-refractivity contribution in [1.82, 2.24) is 14.9 Å². The van der Waals surface area contributed by atoms with Crippen LogP contribution in [0.15, 0.2) is 41.6 Å². The van der Waals surface area contributed by atoms with Crippen LogP contribution in [0, 0.1) is 5.41 Å². The van der Waals surface area contributed by atoms with Crippen molar-refractivity contribution < 1.29 is 9.90 Å². The zero-order chi connectivity index (χ0) is 22.1. The maximum Gasteiger partial charge on any atom is 0.274 e. The highest BCUT2D eigenvalue weighted by Crippen LogP contribution is 2.20. The minimum atomic E-state index is -1.02. The highest BCUT2D eigenvalue weighted by Gasteiger charge is 2.21. The summed E-state index contributed by atoms with van der Waals surface area (Å²) in [5, 5.41) is 21.0. The Balaban J connectivity index is 2.10. The SMILES string of the molecule is CCN(CCN(C)c1cccc(C(C)(C)O)n1)C(=O)c1ncccc1N/N=C\C=N. The lowest BCUT2D eigenvalue weighted by molar-refractivity contribution is 0.0739. The summed E-state index contributed by atoms with van der Waals surface area (Å²) in [5.74, 6) is 0.511. The Hall–Kier alpha value is -3.33. The first-order valence-corrected chi connectivity index (χ1v) is 9.71. The van der Waals surface area contributed by atoms with Crippen LogP contribution in [0.5, 0.6) is 0 Å². The van der Waals surface area contributed by atoms with Gasteiger partial charge in [-0.05, 0) is 45.0 Å². The van der Waals surface area contributed by atoms with Gasteiger partial charge in [-0.2, -0.15) is 5.10 Å². The molecule has 0 aromatic carbocycles. The molecular weight excluding hydrogens is 382 g/mol. The van der Waals surface area contributed by atoms with E-state index in [0.29, 0.717) is 31.0 Å². The van der Waals surface area contributed by atoms with E-state index in [1.54, 1.807) is 43.1 Å². The smallest absolute Gasteiger partial charge is 0.274 e. The van der Waals surface area contributed by atoms with Crippen LogP contribution in [-0.2, 0) is 5.60 Å². The number of aliphatic hydroxyl groups is 1. The average molecular weight is 412 g/mol. The molecule has 9 nitrogen and oxygen atoms in total.